The zero-order chi connectivity index (χ0) is 21.6. The topological polar surface area (TPSA) is 94.2 Å². The van der Waals surface area contributed by atoms with Gasteiger partial charge in [-0.2, -0.15) is 0 Å². The maximum atomic E-state index is 13.0. The molecule has 0 bridgehead atoms. The van der Waals surface area contributed by atoms with Crippen LogP contribution in [0.1, 0.15) is 22.8 Å². The summed E-state index contributed by atoms with van der Waals surface area (Å²) in [6, 6.07) is 10.2. The van der Waals surface area contributed by atoms with Gasteiger partial charge in [0.1, 0.15) is 5.75 Å². The second kappa shape index (κ2) is 9.51. The van der Waals surface area contributed by atoms with E-state index in [0.29, 0.717) is 17.2 Å². The number of sulfonamides is 1. The molecule has 1 N–H and O–H groups in total. The van der Waals surface area contributed by atoms with E-state index >= 15 is 0 Å². The SMILES string of the molecule is CCS(=O)(=O)N(C)c1cc(OC)c(OC)cc1C(=O)NCc1ccccc1OC. The smallest absolute Gasteiger partial charge is 0.253 e. The number of carbonyl (C=O) groups excluding carboxylic acids is 1. The van der Waals surface area contributed by atoms with Crippen molar-refractivity contribution in [1.29, 1.82) is 0 Å². The quantitative estimate of drug-likeness (QED) is 0.667. The van der Waals surface area contributed by atoms with Crippen molar-refractivity contribution in [3.63, 3.8) is 0 Å². The monoisotopic (exact) mass is 422 g/mol. The van der Waals surface area contributed by atoms with Crippen LogP contribution in [0.15, 0.2) is 36.4 Å². The molecule has 0 heterocycles. The van der Waals surface area contributed by atoms with E-state index in [2.05, 4.69) is 5.32 Å². The standard InChI is InChI=1S/C20H26N2O6S/c1-6-29(24,25)22(2)16-12-19(28-5)18(27-4)11-15(16)20(23)21-13-14-9-7-8-10-17(14)26-3/h7-12H,6,13H2,1-5H3,(H,21,23). The number of ether oxygens (including phenoxy) is 3. The Kier molecular flexibility index (Phi) is 7.33. The highest BCUT2D eigenvalue weighted by atomic mass is 32.2. The Bertz CT molecular complexity index is 975. The third-order valence-electron chi connectivity index (χ3n) is 4.50. The molecule has 0 saturated heterocycles. The number of para-hydroxylation sites is 1. The van der Waals surface area contributed by atoms with Crippen LogP contribution in [0.4, 0.5) is 5.69 Å². The maximum absolute atomic E-state index is 13.0. The predicted molar refractivity (Wildman–Crippen MR) is 112 cm³/mol. The molecule has 29 heavy (non-hydrogen) atoms. The first-order valence-corrected chi connectivity index (χ1v) is 10.5. The third-order valence-corrected chi connectivity index (χ3v) is 6.26. The van der Waals surface area contributed by atoms with Gasteiger partial charge in [-0.1, -0.05) is 18.2 Å². The zero-order valence-electron chi connectivity index (χ0n) is 17.2. The van der Waals surface area contributed by atoms with E-state index in [1.54, 1.807) is 13.2 Å². The molecular formula is C20H26N2O6S. The van der Waals surface area contributed by atoms with Crippen LogP contribution in [-0.2, 0) is 16.6 Å². The van der Waals surface area contributed by atoms with Gasteiger partial charge in [-0.25, -0.2) is 8.42 Å². The van der Waals surface area contributed by atoms with Crippen LogP contribution in [0.3, 0.4) is 0 Å². The van der Waals surface area contributed by atoms with Gasteiger partial charge < -0.3 is 19.5 Å². The Balaban J connectivity index is 2.44. The molecule has 0 aromatic heterocycles. The first kappa shape index (κ1) is 22.4. The van der Waals surface area contributed by atoms with E-state index in [1.165, 1.54) is 40.3 Å². The van der Waals surface area contributed by atoms with Gasteiger partial charge in [-0.3, -0.25) is 9.10 Å². The number of amides is 1. The van der Waals surface area contributed by atoms with Crippen molar-refractivity contribution in [2.75, 3.05) is 38.4 Å². The second-order valence-electron chi connectivity index (χ2n) is 6.09. The molecule has 2 aromatic rings. The fourth-order valence-corrected chi connectivity index (χ4v) is 3.61. The summed E-state index contributed by atoms with van der Waals surface area (Å²) >= 11 is 0. The molecule has 2 rings (SSSR count). The molecule has 0 atom stereocenters. The summed E-state index contributed by atoms with van der Waals surface area (Å²) in [7, 11) is 2.25. The van der Waals surface area contributed by atoms with Crippen molar-refractivity contribution in [2.24, 2.45) is 0 Å². The molecular weight excluding hydrogens is 396 g/mol. The summed E-state index contributed by atoms with van der Waals surface area (Å²) in [5.41, 5.74) is 1.14. The van der Waals surface area contributed by atoms with E-state index in [0.717, 1.165) is 9.87 Å². The lowest BCUT2D eigenvalue weighted by atomic mass is 10.1. The van der Waals surface area contributed by atoms with Crippen LogP contribution in [0.2, 0.25) is 0 Å². The lowest BCUT2D eigenvalue weighted by Crippen LogP contribution is -2.31. The summed E-state index contributed by atoms with van der Waals surface area (Å²) in [4.78, 5) is 13.0. The molecule has 0 unspecified atom stereocenters. The van der Waals surface area contributed by atoms with Crippen molar-refractivity contribution in [1.82, 2.24) is 5.32 Å². The van der Waals surface area contributed by atoms with Crippen LogP contribution in [-0.4, -0.2) is 48.5 Å². The molecule has 9 heteroatoms. The van der Waals surface area contributed by atoms with Gasteiger partial charge in [0.2, 0.25) is 10.0 Å². The highest BCUT2D eigenvalue weighted by molar-refractivity contribution is 7.92. The third kappa shape index (κ3) is 4.92. The minimum absolute atomic E-state index is 0.111. The summed E-state index contributed by atoms with van der Waals surface area (Å²) in [5, 5.41) is 2.81. The van der Waals surface area contributed by atoms with Crippen LogP contribution in [0, 0.1) is 0 Å². The summed E-state index contributed by atoms with van der Waals surface area (Å²) < 4.78 is 41.7. The second-order valence-corrected chi connectivity index (χ2v) is 8.38. The normalized spacial score (nSPS) is 10.9. The van der Waals surface area contributed by atoms with Gasteiger partial charge in [-0.05, 0) is 19.1 Å². The summed E-state index contributed by atoms with van der Waals surface area (Å²) in [6.45, 7) is 1.74. The van der Waals surface area contributed by atoms with Gasteiger partial charge >= 0.3 is 0 Å². The fraction of sp³-hybridized carbons (Fsp3) is 0.350. The molecule has 0 spiro atoms. The Labute approximate surface area is 171 Å². The first-order valence-electron chi connectivity index (χ1n) is 8.91. The molecule has 0 radical (unpaired) electrons. The van der Waals surface area contributed by atoms with Gasteiger partial charge in [-0.15, -0.1) is 0 Å². The molecule has 158 valence electrons. The van der Waals surface area contributed by atoms with Crippen LogP contribution >= 0.6 is 0 Å². The zero-order valence-corrected chi connectivity index (χ0v) is 18.0. The summed E-state index contributed by atoms with van der Waals surface area (Å²) in [5.74, 6) is 0.721. The molecule has 8 nitrogen and oxygen atoms in total. The maximum Gasteiger partial charge on any atom is 0.253 e. The molecule has 0 aliphatic carbocycles. The Morgan fingerprint density at radius 2 is 1.59 bits per heavy atom. The van der Waals surface area contributed by atoms with Gasteiger partial charge in [0.05, 0.1) is 38.3 Å². The number of rotatable bonds is 9. The average molecular weight is 423 g/mol. The lowest BCUT2D eigenvalue weighted by Gasteiger charge is -2.23. The molecule has 0 aliphatic rings. The number of anilines is 1. The molecule has 0 aliphatic heterocycles. The van der Waals surface area contributed by atoms with E-state index in [-0.39, 0.29) is 23.5 Å². The molecule has 2 aromatic carbocycles. The number of benzene rings is 2. The van der Waals surface area contributed by atoms with Crippen LogP contribution in [0.5, 0.6) is 17.2 Å². The number of nitrogens with one attached hydrogen (secondary N) is 1. The van der Waals surface area contributed by atoms with Crippen molar-refractivity contribution in [3.8, 4) is 17.2 Å². The van der Waals surface area contributed by atoms with Crippen molar-refractivity contribution < 1.29 is 27.4 Å². The van der Waals surface area contributed by atoms with Crippen molar-refractivity contribution >= 4 is 21.6 Å². The number of hydrogen-bond donors (Lipinski definition) is 1. The van der Waals surface area contributed by atoms with Crippen molar-refractivity contribution in [3.05, 3.63) is 47.5 Å². The highest BCUT2D eigenvalue weighted by Crippen LogP contribution is 2.36. The average Bonchev–Trinajstić information content (AvgIpc) is 2.75. The van der Waals surface area contributed by atoms with E-state index in [1.807, 2.05) is 18.2 Å². The minimum Gasteiger partial charge on any atom is -0.496 e. The minimum atomic E-state index is -3.59. The van der Waals surface area contributed by atoms with Crippen LogP contribution < -0.4 is 23.8 Å². The molecule has 0 fully saturated rings. The molecule has 0 saturated carbocycles. The first-order chi connectivity index (χ1) is 13.8. The van der Waals surface area contributed by atoms with E-state index < -0.39 is 15.9 Å². The van der Waals surface area contributed by atoms with Crippen molar-refractivity contribution in [2.45, 2.75) is 13.5 Å². The number of hydrogen-bond acceptors (Lipinski definition) is 6. The molecule has 1 amide bonds. The Morgan fingerprint density at radius 3 is 2.17 bits per heavy atom. The van der Waals surface area contributed by atoms with E-state index in [9.17, 15) is 13.2 Å². The number of nitrogens with zero attached hydrogens (tertiary/aromatic N) is 1. The fourth-order valence-electron chi connectivity index (χ4n) is 2.77. The van der Waals surface area contributed by atoms with Gasteiger partial charge in [0.15, 0.2) is 11.5 Å². The predicted octanol–water partition coefficient (Wildman–Crippen LogP) is 2.43. The van der Waals surface area contributed by atoms with Gasteiger partial charge in [0.25, 0.3) is 5.91 Å². The Hall–Kier alpha value is -2.94. The number of methoxy groups -OCH3 is 3. The Morgan fingerprint density at radius 1 is 1.00 bits per heavy atom. The van der Waals surface area contributed by atoms with Gasteiger partial charge in [0, 0.05) is 25.2 Å². The summed E-state index contributed by atoms with van der Waals surface area (Å²) in [6.07, 6.45) is 0. The lowest BCUT2D eigenvalue weighted by molar-refractivity contribution is 0.0951. The highest BCUT2D eigenvalue weighted by Gasteiger charge is 2.25. The number of carbonyl (C=O) groups is 1. The van der Waals surface area contributed by atoms with E-state index in [4.69, 9.17) is 14.2 Å². The largest absolute Gasteiger partial charge is 0.496 e. The van der Waals surface area contributed by atoms with Crippen LogP contribution in [0.25, 0.3) is 0 Å².